The van der Waals surface area contributed by atoms with Crippen LogP contribution in [0.15, 0.2) is 23.8 Å². The van der Waals surface area contributed by atoms with Crippen LogP contribution < -0.4 is 5.32 Å². The van der Waals surface area contributed by atoms with E-state index in [0.29, 0.717) is 19.5 Å². The number of aliphatic hydroxyl groups excluding tert-OH is 1. The molecule has 12 nitrogen and oxygen atoms in total. The second-order valence-corrected chi connectivity index (χ2v) is 14.2. The van der Waals surface area contributed by atoms with E-state index in [0.717, 1.165) is 31.5 Å². The van der Waals surface area contributed by atoms with Gasteiger partial charge >= 0.3 is 12.1 Å². The molecule has 0 spiro atoms. The second kappa shape index (κ2) is 17.8. The van der Waals surface area contributed by atoms with Crippen molar-refractivity contribution >= 4 is 18.0 Å². The highest BCUT2D eigenvalue weighted by Gasteiger charge is 2.56. The second-order valence-electron chi connectivity index (χ2n) is 14.2. The Morgan fingerprint density at radius 2 is 1.81 bits per heavy atom. The van der Waals surface area contributed by atoms with Crippen LogP contribution in [0.2, 0.25) is 0 Å². The maximum Gasteiger partial charge on any atom is 0.409 e. The largest absolute Gasteiger partial charge is 0.480 e. The summed E-state index contributed by atoms with van der Waals surface area (Å²) < 4.78 is 23.2. The topological polar surface area (TPSA) is 150 Å². The van der Waals surface area contributed by atoms with Crippen LogP contribution in [0.5, 0.6) is 0 Å². The Kier molecular flexibility index (Phi) is 14.7. The minimum absolute atomic E-state index is 0.0150. The predicted molar refractivity (Wildman–Crippen MR) is 178 cm³/mol. The first-order valence-electron chi connectivity index (χ1n) is 17.2. The number of allylic oxidation sites excluding steroid dienone is 3. The third kappa shape index (κ3) is 11.6. The Balaban J connectivity index is 1.44. The number of carbonyl (C=O) groups excluding carboxylic acids is 2. The van der Waals surface area contributed by atoms with E-state index < -0.39 is 30.1 Å². The molecular weight excluding hydrogens is 606 g/mol. The van der Waals surface area contributed by atoms with E-state index in [4.69, 9.17) is 18.9 Å². The number of rotatable bonds is 16. The molecule has 0 aliphatic carbocycles. The molecule has 3 N–H and O–H groups in total. The third-order valence-corrected chi connectivity index (χ3v) is 9.90. The molecule has 47 heavy (non-hydrogen) atoms. The predicted octanol–water partition coefficient (Wildman–Crippen LogP) is 3.62. The highest BCUT2D eigenvalue weighted by molar-refractivity contribution is 5.83. The molecule has 0 aromatic rings. The van der Waals surface area contributed by atoms with Gasteiger partial charge in [-0.15, -0.1) is 0 Å². The van der Waals surface area contributed by atoms with Gasteiger partial charge < -0.3 is 44.3 Å². The summed E-state index contributed by atoms with van der Waals surface area (Å²) in [5, 5.41) is 22.3. The molecule has 3 aliphatic rings. The number of hydrogen-bond donors (Lipinski definition) is 3. The summed E-state index contributed by atoms with van der Waals surface area (Å²) in [5.74, 6) is -0.939. The molecule has 0 aromatic carbocycles. The number of hydrogen-bond acceptors (Lipinski definition) is 9. The first kappa shape index (κ1) is 38.9. The van der Waals surface area contributed by atoms with Crippen LogP contribution in [0.25, 0.3) is 0 Å². The van der Waals surface area contributed by atoms with Crippen molar-refractivity contribution < 1.29 is 43.5 Å². The van der Waals surface area contributed by atoms with Gasteiger partial charge in [-0.3, -0.25) is 4.79 Å². The fourth-order valence-corrected chi connectivity index (χ4v) is 7.08. The van der Waals surface area contributed by atoms with Crippen LogP contribution in [-0.4, -0.2) is 127 Å². The number of nitrogens with one attached hydrogen (secondary N) is 1. The monoisotopic (exact) mass is 665 g/mol. The Bertz CT molecular complexity index is 1110. The van der Waals surface area contributed by atoms with Crippen molar-refractivity contribution in [2.45, 2.75) is 116 Å². The Labute approximate surface area is 280 Å². The molecule has 0 saturated carbocycles. The van der Waals surface area contributed by atoms with E-state index in [1.54, 1.807) is 18.9 Å². The Morgan fingerprint density at radius 1 is 1.13 bits per heavy atom. The van der Waals surface area contributed by atoms with Crippen molar-refractivity contribution in [2.75, 3.05) is 46.9 Å². The van der Waals surface area contributed by atoms with Gasteiger partial charge in [0.15, 0.2) is 0 Å². The lowest BCUT2D eigenvalue weighted by atomic mass is 9.85. The minimum Gasteiger partial charge on any atom is -0.480 e. The van der Waals surface area contributed by atoms with Gasteiger partial charge in [-0.25, -0.2) is 9.59 Å². The number of methoxy groups -OCH3 is 1. The number of piperazine rings is 1. The number of likely N-dealkylation sites (N-methyl/N-ethyl adjacent to an activating group) is 1. The molecule has 268 valence electrons. The zero-order valence-corrected chi connectivity index (χ0v) is 29.6. The molecule has 0 unspecified atom stereocenters. The fraction of sp³-hybridized carbons (Fsp3) is 0.800. The summed E-state index contributed by atoms with van der Waals surface area (Å²) >= 11 is 0. The van der Waals surface area contributed by atoms with E-state index in [1.807, 2.05) is 14.0 Å². The molecule has 10 atom stereocenters. The number of nitrogens with zero attached hydrogens (tertiary/aromatic N) is 2. The van der Waals surface area contributed by atoms with Gasteiger partial charge in [0.2, 0.25) is 5.91 Å². The number of amides is 2. The first-order chi connectivity index (χ1) is 22.1. The Hall–Kier alpha value is -2.51. The van der Waals surface area contributed by atoms with Crippen LogP contribution in [0, 0.1) is 17.8 Å². The van der Waals surface area contributed by atoms with Gasteiger partial charge in [0.25, 0.3) is 0 Å². The first-order valence-corrected chi connectivity index (χ1v) is 17.2. The highest BCUT2D eigenvalue weighted by Crippen LogP contribution is 2.47. The van der Waals surface area contributed by atoms with Gasteiger partial charge in [0, 0.05) is 45.6 Å². The third-order valence-electron chi connectivity index (χ3n) is 9.90. The van der Waals surface area contributed by atoms with Gasteiger partial charge in [-0.1, -0.05) is 39.0 Å². The molecule has 3 saturated heterocycles. The number of carboxylic acids is 1. The highest BCUT2D eigenvalue weighted by atomic mass is 16.6. The van der Waals surface area contributed by atoms with Crippen LogP contribution in [-0.2, 0) is 28.5 Å². The molecule has 3 rings (SSSR count). The molecule has 2 amide bonds. The van der Waals surface area contributed by atoms with Crippen molar-refractivity contribution in [2.24, 2.45) is 17.8 Å². The lowest BCUT2D eigenvalue weighted by Gasteiger charge is -2.35. The zero-order chi connectivity index (χ0) is 34.9. The molecule has 0 aromatic heterocycles. The number of carboxylic acid groups (broad SMARTS) is 1. The molecule has 0 bridgehead atoms. The van der Waals surface area contributed by atoms with Crippen molar-refractivity contribution in [3.63, 3.8) is 0 Å². The van der Waals surface area contributed by atoms with E-state index in [2.05, 4.69) is 56.1 Å². The maximum atomic E-state index is 12.8. The molecule has 3 aliphatic heterocycles. The molecule has 3 fully saturated rings. The summed E-state index contributed by atoms with van der Waals surface area (Å²) in [7, 11) is 3.61. The summed E-state index contributed by atoms with van der Waals surface area (Å²) in [6.45, 7) is 14.8. The summed E-state index contributed by atoms with van der Waals surface area (Å²) in [5.41, 5.74) is 0.814. The zero-order valence-electron chi connectivity index (χ0n) is 29.6. The van der Waals surface area contributed by atoms with E-state index >= 15 is 0 Å². The van der Waals surface area contributed by atoms with Gasteiger partial charge in [0.1, 0.15) is 6.04 Å². The van der Waals surface area contributed by atoms with Gasteiger partial charge in [0.05, 0.1) is 49.1 Å². The lowest BCUT2D eigenvalue weighted by Crippen LogP contribution is -2.48. The van der Waals surface area contributed by atoms with Crippen LogP contribution in [0.1, 0.15) is 73.6 Å². The minimum atomic E-state index is -1.17. The summed E-state index contributed by atoms with van der Waals surface area (Å²) in [4.78, 5) is 40.7. The van der Waals surface area contributed by atoms with Crippen molar-refractivity contribution in [1.29, 1.82) is 0 Å². The smallest absolute Gasteiger partial charge is 0.409 e. The lowest BCUT2D eigenvalue weighted by molar-refractivity contribution is -0.143. The van der Waals surface area contributed by atoms with Gasteiger partial charge in [-0.2, -0.15) is 0 Å². The van der Waals surface area contributed by atoms with E-state index in [-0.39, 0.29) is 67.2 Å². The number of aliphatic hydroxyl groups is 1. The quantitative estimate of drug-likeness (QED) is 0.165. The van der Waals surface area contributed by atoms with Crippen molar-refractivity contribution in [3.8, 4) is 0 Å². The van der Waals surface area contributed by atoms with Crippen LogP contribution in [0.3, 0.4) is 0 Å². The van der Waals surface area contributed by atoms with Crippen LogP contribution in [0.4, 0.5) is 4.79 Å². The summed E-state index contributed by atoms with van der Waals surface area (Å²) in [6, 6.07) is -1.16. The normalized spacial score (nSPS) is 30.3. The SMILES string of the molecule is CO[C@H]([C@@H](C)[C@H]1O[C@]1(C)C[C@H](C)/C=C/C=C(\C)[C@H]1O[C@@H](CC(=O)N[C@@H](CCOC(=O)N2CCN(C)CC2)C(=O)O)CC[C@@H]1C)[C@@H](C)O. The summed E-state index contributed by atoms with van der Waals surface area (Å²) in [6.07, 6.45) is 7.05. The average molecular weight is 666 g/mol. The van der Waals surface area contributed by atoms with Crippen molar-refractivity contribution in [3.05, 3.63) is 23.8 Å². The fourth-order valence-electron chi connectivity index (χ4n) is 7.08. The van der Waals surface area contributed by atoms with Crippen molar-refractivity contribution in [1.82, 2.24) is 15.1 Å². The number of aliphatic carboxylic acids is 1. The average Bonchev–Trinajstić information content (AvgIpc) is 3.67. The molecular formula is C35H59N3O9. The van der Waals surface area contributed by atoms with E-state index in [1.165, 1.54) is 0 Å². The van der Waals surface area contributed by atoms with E-state index in [9.17, 15) is 24.6 Å². The molecule has 3 heterocycles. The standard InChI is InChI=1S/C35H59N3O9/c1-22(21-35(6)32(47-35)25(4)31(44-8)26(5)39)10-9-11-23(2)30-24(3)12-13-27(46-30)20-29(40)36-28(33(41)42)14-19-45-34(43)38-17-15-37(7)16-18-38/h9-11,22,24-28,30-32,39H,12-21H2,1-8H3,(H,36,40)(H,41,42)/b10-9+,23-11+/t22-,24+,25-,26-,27-,28+,30-,31-,32-,35-/m1/s1. The van der Waals surface area contributed by atoms with Crippen LogP contribution >= 0.6 is 0 Å². The number of epoxide rings is 1. The molecule has 0 radical (unpaired) electrons. The van der Waals surface area contributed by atoms with Gasteiger partial charge in [-0.05, 0) is 64.5 Å². The molecule has 12 heteroatoms. The Morgan fingerprint density at radius 3 is 2.43 bits per heavy atom. The maximum absolute atomic E-state index is 12.8. The number of carbonyl (C=O) groups is 3. The number of ether oxygens (including phenoxy) is 4.